The first kappa shape index (κ1) is 14.5. The van der Waals surface area contributed by atoms with Crippen molar-refractivity contribution in [3.8, 4) is 0 Å². The van der Waals surface area contributed by atoms with Crippen LogP contribution in [-0.2, 0) is 0 Å². The fourth-order valence-corrected chi connectivity index (χ4v) is 2.85. The topological polar surface area (TPSA) is 75.1 Å². The Morgan fingerprint density at radius 3 is 2.95 bits per heavy atom. The number of carbonyl (C=O) groups is 1. The molecule has 0 bridgehead atoms. The minimum atomic E-state index is -0.114. The number of likely N-dealkylation sites (tertiary alicyclic amines) is 1. The van der Waals surface area contributed by atoms with Crippen molar-refractivity contribution in [2.24, 2.45) is 5.92 Å². The van der Waals surface area contributed by atoms with Crippen molar-refractivity contribution in [2.75, 3.05) is 32.7 Å². The molecule has 2 aliphatic rings. The van der Waals surface area contributed by atoms with E-state index in [0.29, 0.717) is 23.7 Å². The van der Waals surface area contributed by atoms with E-state index in [0.717, 1.165) is 39.1 Å². The van der Waals surface area contributed by atoms with E-state index in [2.05, 4.69) is 39.7 Å². The molecular formula is C14H24N6O. The summed E-state index contributed by atoms with van der Waals surface area (Å²) in [6.07, 6.45) is 2.90. The summed E-state index contributed by atoms with van der Waals surface area (Å²) in [5.41, 5.74) is 0.417. The van der Waals surface area contributed by atoms with E-state index < -0.39 is 0 Å². The largest absolute Gasteiger partial charge is 0.350 e. The monoisotopic (exact) mass is 292 g/mol. The Hall–Kier alpha value is -1.47. The molecule has 3 heterocycles. The average Bonchev–Trinajstić information content (AvgIpc) is 3.02. The molecule has 7 heteroatoms. The highest BCUT2D eigenvalue weighted by atomic mass is 16.2. The fraction of sp³-hybridized carbons (Fsp3) is 0.786. The Balaban J connectivity index is 1.47. The molecule has 7 nitrogen and oxygen atoms in total. The molecule has 1 atom stereocenters. The van der Waals surface area contributed by atoms with Crippen LogP contribution in [0.3, 0.4) is 0 Å². The van der Waals surface area contributed by atoms with Crippen LogP contribution in [-0.4, -0.2) is 64.6 Å². The molecule has 2 N–H and O–H groups in total. The zero-order chi connectivity index (χ0) is 14.8. The van der Waals surface area contributed by atoms with Crippen molar-refractivity contribution in [2.45, 2.75) is 32.4 Å². The number of hydrogen-bond acceptors (Lipinski definition) is 5. The van der Waals surface area contributed by atoms with E-state index in [9.17, 15) is 4.79 Å². The van der Waals surface area contributed by atoms with Gasteiger partial charge in [0.25, 0.3) is 5.91 Å². The molecule has 0 saturated carbocycles. The van der Waals surface area contributed by atoms with Gasteiger partial charge in [0.2, 0.25) is 0 Å². The van der Waals surface area contributed by atoms with E-state index in [-0.39, 0.29) is 5.91 Å². The molecular weight excluding hydrogens is 268 g/mol. The molecule has 0 aliphatic carbocycles. The first-order valence-electron chi connectivity index (χ1n) is 7.78. The maximum absolute atomic E-state index is 12.1. The summed E-state index contributed by atoms with van der Waals surface area (Å²) in [6.45, 7) is 9.15. The lowest BCUT2D eigenvalue weighted by atomic mass is 10.1. The van der Waals surface area contributed by atoms with Gasteiger partial charge in [0.1, 0.15) is 0 Å². The molecule has 0 aromatic carbocycles. The van der Waals surface area contributed by atoms with Gasteiger partial charge < -0.3 is 15.5 Å². The van der Waals surface area contributed by atoms with Gasteiger partial charge in [0, 0.05) is 32.2 Å². The number of nitrogens with one attached hydrogen (secondary N) is 2. The van der Waals surface area contributed by atoms with Crippen molar-refractivity contribution in [1.82, 2.24) is 30.5 Å². The van der Waals surface area contributed by atoms with E-state index >= 15 is 0 Å². The van der Waals surface area contributed by atoms with Gasteiger partial charge in [-0.05, 0) is 32.7 Å². The molecule has 1 aromatic rings. The zero-order valence-corrected chi connectivity index (χ0v) is 12.7. The third-order valence-electron chi connectivity index (χ3n) is 4.48. The fourth-order valence-electron chi connectivity index (χ4n) is 2.85. The number of carbonyl (C=O) groups excluding carboxylic acids is 1. The molecule has 1 amide bonds. The Kier molecular flexibility index (Phi) is 4.21. The molecule has 1 aromatic heterocycles. The third kappa shape index (κ3) is 3.24. The van der Waals surface area contributed by atoms with Crippen LogP contribution in [0.1, 0.15) is 36.8 Å². The molecule has 1 unspecified atom stereocenters. The maximum Gasteiger partial charge on any atom is 0.273 e. The van der Waals surface area contributed by atoms with Crippen molar-refractivity contribution < 1.29 is 4.79 Å². The summed E-state index contributed by atoms with van der Waals surface area (Å²) in [6, 6.07) is 0.926. The SMILES string of the molecule is CC(C)N1CCC(CNC(=O)c2cn(C3CNC3)nn2)C1. The van der Waals surface area contributed by atoms with Crippen LogP contribution < -0.4 is 10.6 Å². The quantitative estimate of drug-likeness (QED) is 0.791. The first-order valence-corrected chi connectivity index (χ1v) is 7.78. The number of aromatic nitrogens is 3. The van der Waals surface area contributed by atoms with Gasteiger partial charge in [-0.25, -0.2) is 4.68 Å². The van der Waals surface area contributed by atoms with Gasteiger partial charge in [-0.3, -0.25) is 4.79 Å². The van der Waals surface area contributed by atoms with Gasteiger partial charge >= 0.3 is 0 Å². The van der Waals surface area contributed by atoms with Crippen LogP contribution in [0.25, 0.3) is 0 Å². The lowest BCUT2D eigenvalue weighted by Crippen LogP contribution is -2.43. The second kappa shape index (κ2) is 6.11. The van der Waals surface area contributed by atoms with Crippen LogP contribution in [0.5, 0.6) is 0 Å². The summed E-state index contributed by atoms with van der Waals surface area (Å²) in [7, 11) is 0. The molecule has 0 radical (unpaired) electrons. The smallest absolute Gasteiger partial charge is 0.273 e. The van der Waals surface area contributed by atoms with Gasteiger partial charge in [-0.15, -0.1) is 5.10 Å². The standard InChI is InChI=1S/C14H24N6O/c1-10(2)19-4-3-11(8-19)5-16-14(21)13-9-20(18-17-13)12-6-15-7-12/h9-12,15H,3-8H2,1-2H3,(H,16,21). The zero-order valence-electron chi connectivity index (χ0n) is 12.7. The van der Waals surface area contributed by atoms with E-state index in [4.69, 9.17) is 0 Å². The van der Waals surface area contributed by atoms with Crippen molar-refractivity contribution >= 4 is 5.91 Å². The highest BCUT2D eigenvalue weighted by molar-refractivity contribution is 5.91. The lowest BCUT2D eigenvalue weighted by molar-refractivity contribution is 0.0942. The van der Waals surface area contributed by atoms with Crippen LogP contribution in [0.15, 0.2) is 6.20 Å². The minimum absolute atomic E-state index is 0.114. The summed E-state index contributed by atoms with van der Waals surface area (Å²) < 4.78 is 1.78. The molecule has 2 saturated heterocycles. The summed E-state index contributed by atoms with van der Waals surface area (Å²) in [4.78, 5) is 14.6. The Morgan fingerprint density at radius 1 is 1.52 bits per heavy atom. The Labute approximate surface area is 125 Å². The lowest BCUT2D eigenvalue weighted by Gasteiger charge is -2.26. The Bertz CT molecular complexity index is 495. The molecule has 2 fully saturated rings. The average molecular weight is 292 g/mol. The third-order valence-corrected chi connectivity index (χ3v) is 4.48. The van der Waals surface area contributed by atoms with E-state index in [1.807, 2.05) is 0 Å². The van der Waals surface area contributed by atoms with Gasteiger partial charge in [-0.2, -0.15) is 0 Å². The summed E-state index contributed by atoms with van der Waals surface area (Å²) in [5.74, 6) is 0.429. The minimum Gasteiger partial charge on any atom is -0.350 e. The molecule has 2 aliphatic heterocycles. The van der Waals surface area contributed by atoms with Gasteiger partial charge in [-0.1, -0.05) is 5.21 Å². The number of rotatable bonds is 5. The Morgan fingerprint density at radius 2 is 2.33 bits per heavy atom. The summed E-state index contributed by atoms with van der Waals surface area (Å²) >= 11 is 0. The molecule has 3 rings (SSSR count). The molecule has 0 spiro atoms. The van der Waals surface area contributed by atoms with Crippen molar-refractivity contribution in [1.29, 1.82) is 0 Å². The predicted molar refractivity (Wildman–Crippen MR) is 79.1 cm³/mol. The number of hydrogen-bond donors (Lipinski definition) is 2. The van der Waals surface area contributed by atoms with Crippen LogP contribution in [0.4, 0.5) is 0 Å². The normalized spacial score (nSPS) is 23.5. The summed E-state index contributed by atoms with van der Waals surface area (Å²) in [5, 5.41) is 14.2. The highest BCUT2D eigenvalue weighted by Crippen LogP contribution is 2.17. The number of amides is 1. The predicted octanol–water partition coefficient (Wildman–Crippen LogP) is -0.117. The second-order valence-electron chi connectivity index (χ2n) is 6.35. The van der Waals surface area contributed by atoms with Crippen LogP contribution >= 0.6 is 0 Å². The van der Waals surface area contributed by atoms with Crippen molar-refractivity contribution in [3.05, 3.63) is 11.9 Å². The van der Waals surface area contributed by atoms with Gasteiger partial charge in [0.05, 0.1) is 12.2 Å². The molecule has 116 valence electrons. The van der Waals surface area contributed by atoms with E-state index in [1.54, 1.807) is 10.9 Å². The number of nitrogens with zero attached hydrogens (tertiary/aromatic N) is 4. The second-order valence-corrected chi connectivity index (χ2v) is 6.35. The van der Waals surface area contributed by atoms with Crippen molar-refractivity contribution in [3.63, 3.8) is 0 Å². The van der Waals surface area contributed by atoms with Crippen LogP contribution in [0.2, 0.25) is 0 Å². The highest BCUT2D eigenvalue weighted by Gasteiger charge is 2.25. The van der Waals surface area contributed by atoms with E-state index in [1.165, 1.54) is 0 Å². The van der Waals surface area contributed by atoms with Gasteiger partial charge in [0.15, 0.2) is 5.69 Å². The maximum atomic E-state index is 12.1. The molecule has 21 heavy (non-hydrogen) atoms. The first-order chi connectivity index (χ1) is 10.1. The van der Waals surface area contributed by atoms with Crippen LogP contribution in [0, 0.1) is 5.92 Å².